The van der Waals surface area contributed by atoms with Crippen LogP contribution in [-0.4, -0.2) is 5.78 Å². The highest BCUT2D eigenvalue weighted by molar-refractivity contribution is 5.80. The van der Waals surface area contributed by atoms with Gasteiger partial charge in [-0.1, -0.05) is 12.1 Å². The number of ketones is 1. The van der Waals surface area contributed by atoms with E-state index >= 15 is 0 Å². The van der Waals surface area contributed by atoms with Gasteiger partial charge in [-0.3, -0.25) is 4.79 Å². The van der Waals surface area contributed by atoms with Crippen LogP contribution in [0.15, 0.2) is 47.3 Å². The van der Waals surface area contributed by atoms with Crippen molar-refractivity contribution in [1.82, 2.24) is 0 Å². The monoisotopic (exact) mass is 229 g/mol. The minimum atomic E-state index is 0.225. The molecule has 1 aromatic carbocycles. The number of nitrogens with two attached hydrogens (primary N) is 1. The normalized spacial score (nSPS) is 10.4. The molecule has 0 aliphatic rings. The van der Waals surface area contributed by atoms with Crippen molar-refractivity contribution in [2.45, 2.75) is 19.3 Å². The molecule has 0 atom stereocenters. The summed E-state index contributed by atoms with van der Waals surface area (Å²) < 4.78 is 4.93. The van der Waals surface area contributed by atoms with Crippen molar-refractivity contribution in [3.05, 3.63) is 54.0 Å². The van der Waals surface area contributed by atoms with Crippen LogP contribution in [0, 0.1) is 0 Å². The van der Waals surface area contributed by atoms with Crippen LogP contribution in [0.4, 0.5) is 5.69 Å². The van der Waals surface area contributed by atoms with Crippen LogP contribution < -0.4 is 5.73 Å². The zero-order valence-electron chi connectivity index (χ0n) is 9.56. The number of nitrogen functional groups attached to an aromatic ring is 1. The van der Waals surface area contributed by atoms with Gasteiger partial charge in [-0.2, -0.15) is 0 Å². The lowest BCUT2D eigenvalue weighted by molar-refractivity contribution is -0.118. The highest BCUT2D eigenvalue weighted by atomic mass is 16.3. The van der Waals surface area contributed by atoms with E-state index < -0.39 is 0 Å². The molecule has 0 radical (unpaired) electrons. The Labute approximate surface area is 100 Å². The Hall–Kier alpha value is -2.03. The van der Waals surface area contributed by atoms with Crippen LogP contribution in [0.2, 0.25) is 0 Å². The molecule has 0 spiro atoms. The summed E-state index contributed by atoms with van der Waals surface area (Å²) in [5, 5.41) is 0. The highest BCUT2D eigenvalue weighted by Gasteiger charge is 2.05. The molecule has 17 heavy (non-hydrogen) atoms. The SMILES string of the molecule is Nc1ccc(CCC(=O)Cc2ccoc2)cc1. The number of benzene rings is 1. The molecule has 2 N–H and O–H groups in total. The first-order valence-electron chi connectivity index (χ1n) is 5.61. The van der Waals surface area contributed by atoms with Crippen LogP contribution in [0.3, 0.4) is 0 Å². The zero-order valence-corrected chi connectivity index (χ0v) is 9.56. The lowest BCUT2D eigenvalue weighted by Crippen LogP contribution is -2.03. The predicted octanol–water partition coefficient (Wildman–Crippen LogP) is 2.61. The van der Waals surface area contributed by atoms with E-state index in [0.29, 0.717) is 12.8 Å². The number of carbonyl (C=O) groups excluding carboxylic acids is 1. The first-order valence-corrected chi connectivity index (χ1v) is 5.61. The van der Waals surface area contributed by atoms with Crippen molar-refractivity contribution in [1.29, 1.82) is 0 Å². The van der Waals surface area contributed by atoms with E-state index in [9.17, 15) is 4.79 Å². The Balaban J connectivity index is 1.82. The molecule has 88 valence electrons. The molecule has 1 aromatic heterocycles. The van der Waals surface area contributed by atoms with E-state index in [1.807, 2.05) is 30.3 Å². The fourth-order valence-corrected chi connectivity index (χ4v) is 1.68. The summed E-state index contributed by atoms with van der Waals surface area (Å²) in [5.41, 5.74) is 8.42. The molecule has 0 fully saturated rings. The smallest absolute Gasteiger partial charge is 0.137 e. The van der Waals surface area contributed by atoms with Gasteiger partial charge in [0.05, 0.1) is 12.5 Å². The second-order valence-corrected chi connectivity index (χ2v) is 4.09. The fraction of sp³-hybridized carbons (Fsp3) is 0.214. The summed E-state index contributed by atoms with van der Waals surface area (Å²) in [6, 6.07) is 9.45. The maximum absolute atomic E-state index is 11.7. The summed E-state index contributed by atoms with van der Waals surface area (Å²) in [5.74, 6) is 0.225. The summed E-state index contributed by atoms with van der Waals surface area (Å²) in [6.07, 6.45) is 4.96. The first kappa shape index (κ1) is 11.5. The number of hydrogen-bond donors (Lipinski definition) is 1. The van der Waals surface area contributed by atoms with Gasteiger partial charge < -0.3 is 10.2 Å². The van der Waals surface area contributed by atoms with Crippen molar-refractivity contribution < 1.29 is 9.21 Å². The first-order chi connectivity index (χ1) is 8.24. The number of Topliss-reactive ketones (excluding diaryl/α,β-unsaturated/α-hetero) is 1. The molecule has 0 amide bonds. The van der Waals surface area contributed by atoms with Gasteiger partial charge >= 0.3 is 0 Å². The van der Waals surface area contributed by atoms with Crippen molar-refractivity contribution in [3.8, 4) is 0 Å². The molecule has 0 saturated heterocycles. The average Bonchev–Trinajstić information content (AvgIpc) is 2.81. The molecular weight excluding hydrogens is 214 g/mol. The quantitative estimate of drug-likeness (QED) is 0.802. The molecule has 0 bridgehead atoms. The lowest BCUT2D eigenvalue weighted by atomic mass is 10.0. The molecule has 0 unspecified atom stereocenters. The van der Waals surface area contributed by atoms with Gasteiger partial charge in [0.1, 0.15) is 5.78 Å². The molecule has 2 rings (SSSR count). The summed E-state index contributed by atoms with van der Waals surface area (Å²) >= 11 is 0. The number of aryl methyl sites for hydroxylation is 1. The maximum Gasteiger partial charge on any atom is 0.137 e. The molecule has 0 aliphatic carbocycles. The Bertz CT molecular complexity index is 471. The van der Waals surface area contributed by atoms with Crippen LogP contribution in [0.1, 0.15) is 17.5 Å². The van der Waals surface area contributed by atoms with Gasteiger partial charge in [0.25, 0.3) is 0 Å². The predicted molar refractivity (Wildman–Crippen MR) is 66.6 cm³/mol. The van der Waals surface area contributed by atoms with Crippen LogP contribution >= 0.6 is 0 Å². The topological polar surface area (TPSA) is 56.2 Å². The van der Waals surface area contributed by atoms with E-state index in [-0.39, 0.29) is 5.78 Å². The lowest BCUT2D eigenvalue weighted by Gasteiger charge is -2.01. The number of rotatable bonds is 5. The third-order valence-electron chi connectivity index (χ3n) is 2.65. The maximum atomic E-state index is 11.7. The van der Waals surface area contributed by atoms with Crippen molar-refractivity contribution in [3.63, 3.8) is 0 Å². The number of hydrogen-bond acceptors (Lipinski definition) is 3. The summed E-state index contributed by atoms with van der Waals surface area (Å²) in [6.45, 7) is 0. The fourth-order valence-electron chi connectivity index (χ4n) is 1.68. The standard InChI is InChI=1S/C14H15NO2/c15-13-4-1-11(2-5-13)3-6-14(16)9-12-7-8-17-10-12/h1-2,4-5,7-8,10H,3,6,9,15H2. The molecule has 0 aliphatic heterocycles. The van der Waals surface area contributed by atoms with E-state index in [0.717, 1.165) is 23.2 Å². The third-order valence-corrected chi connectivity index (χ3v) is 2.65. The van der Waals surface area contributed by atoms with Gasteiger partial charge in [0.15, 0.2) is 0 Å². The largest absolute Gasteiger partial charge is 0.472 e. The van der Waals surface area contributed by atoms with Gasteiger partial charge in [-0.05, 0) is 35.7 Å². The van der Waals surface area contributed by atoms with E-state index in [2.05, 4.69) is 0 Å². The number of carbonyl (C=O) groups is 1. The van der Waals surface area contributed by atoms with Gasteiger partial charge in [-0.15, -0.1) is 0 Å². The molecule has 1 heterocycles. The van der Waals surface area contributed by atoms with Crippen LogP contribution in [-0.2, 0) is 17.6 Å². The zero-order chi connectivity index (χ0) is 12.1. The molecular formula is C14H15NO2. The minimum Gasteiger partial charge on any atom is -0.472 e. The number of anilines is 1. The minimum absolute atomic E-state index is 0.225. The van der Waals surface area contributed by atoms with Crippen LogP contribution in [0.25, 0.3) is 0 Å². The highest BCUT2D eigenvalue weighted by Crippen LogP contribution is 2.09. The van der Waals surface area contributed by atoms with Crippen molar-refractivity contribution in [2.24, 2.45) is 0 Å². The second-order valence-electron chi connectivity index (χ2n) is 4.09. The Morgan fingerprint density at radius 3 is 2.53 bits per heavy atom. The third kappa shape index (κ3) is 3.48. The Morgan fingerprint density at radius 1 is 1.12 bits per heavy atom. The molecule has 3 heteroatoms. The molecule has 3 nitrogen and oxygen atoms in total. The molecule has 2 aromatic rings. The van der Waals surface area contributed by atoms with Gasteiger partial charge in [0, 0.05) is 18.5 Å². The molecule has 0 saturated carbocycles. The number of furan rings is 1. The van der Waals surface area contributed by atoms with Gasteiger partial charge in [0.2, 0.25) is 0 Å². The Morgan fingerprint density at radius 2 is 1.88 bits per heavy atom. The van der Waals surface area contributed by atoms with E-state index in [4.69, 9.17) is 10.2 Å². The van der Waals surface area contributed by atoms with Crippen molar-refractivity contribution in [2.75, 3.05) is 5.73 Å². The summed E-state index contributed by atoms with van der Waals surface area (Å²) in [7, 11) is 0. The summed E-state index contributed by atoms with van der Waals surface area (Å²) in [4.78, 5) is 11.7. The van der Waals surface area contributed by atoms with Crippen molar-refractivity contribution >= 4 is 11.5 Å². The second kappa shape index (κ2) is 5.34. The average molecular weight is 229 g/mol. The van der Waals surface area contributed by atoms with Crippen LogP contribution in [0.5, 0.6) is 0 Å². The van der Waals surface area contributed by atoms with Gasteiger partial charge in [-0.25, -0.2) is 0 Å². The Kier molecular flexibility index (Phi) is 3.60. The van der Waals surface area contributed by atoms with E-state index in [1.54, 1.807) is 12.5 Å². The van der Waals surface area contributed by atoms with E-state index in [1.165, 1.54) is 0 Å².